The Bertz CT molecular complexity index is 448. The molecule has 1 aromatic rings. The van der Waals surface area contributed by atoms with Crippen molar-refractivity contribution in [2.75, 3.05) is 6.26 Å². The second-order valence-electron chi connectivity index (χ2n) is 4.72. The Morgan fingerprint density at radius 3 is 2.26 bits per heavy atom. The van der Waals surface area contributed by atoms with E-state index in [1.165, 1.54) is 31.0 Å². The molecule has 1 saturated carbocycles. The molecule has 2 rings (SSSR count). The molecule has 0 aromatic heterocycles. The van der Waals surface area contributed by atoms with E-state index in [-0.39, 0.29) is 10.9 Å². The topological polar surface area (TPSA) is 34.1 Å². The van der Waals surface area contributed by atoms with Crippen molar-refractivity contribution in [2.24, 2.45) is 0 Å². The van der Waals surface area contributed by atoms with E-state index in [9.17, 15) is 9.59 Å². The molecule has 0 N–H and O–H groups in total. The third-order valence-electron chi connectivity index (χ3n) is 3.36. The monoisotopic (exact) mass is 294 g/mol. The van der Waals surface area contributed by atoms with Gasteiger partial charge in [-0.3, -0.25) is 9.59 Å². The highest BCUT2D eigenvalue weighted by Gasteiger charge is 2.23. The number of hydrogen-bond acceptors (Lipinski definition) is 4. The highest BCUT2D eigenvalue weighted by atomic mass is 32.2. The molecule has 0 saturated heterocycles. The zero-order valence-corrected chi connectivity index (χ0v) is 12.7. The van der Waals surface area contributed by atoms with Crippen LogP contribution < -0.4 is 0 Å². The predicted octanol–water partition coefficient (Wildman–Crippen LogP) is 4.18. The first-order valence-electron chi connectivity index (χ1n) is 6.60. The van der Waals surface area contributed by atoms with Gasteiger partial charge in [0.1, 0.15) is 0 Å². The Kier molecular flexibility index (Phi) is 5.52. The Hall–Kier alpha value is -0.740. The first-order valence-corrected chi connectivity index (χ1v) is 8.70. The van der Waals surface area contributed by atoms with Crippen LogP contribution >= 0.6 is 23.5 Å². The molecule has 0 unspecified atom stereocenters. The third kappa shape index (κ3) is 4.11. The first kappa shape index (κ1) is 14.7. The van der Waals surface area contributed by atoms with Crippen molar-refractivity contribution in [1.82, 2.24) is 0 Å². The van der Waals surface area contributed by atoms with E-state index < -0.39 is 0 Å². The fourth-order valence-corrected chi connectivity index (χ4v) is 3.75. The van der Waals surface area contributed by atoms with Crippen molar-refractivity contribution in [3.8, 4) is 0 Å². The van der Waals surface area contributed by atoms with Crippen LogP contribution in [0, 0.1) is 0 Å². The fourth-order valence-electron chi connectivity index (χ4n) is 2.25. The third-order valence-corrected chi connectivity index (χ3v) is 5.31. The van der Waals surface area contributed by atoms with E-state index >= 15 is 0 Å². The quantitative estimate of drug-likeness (QED) is 0.474. The largest absolute Gasteiger partial charge is 0.284 e. The highest BCUT2D eigenvalue weighted by molar-refractivity contribution is 8.16. The molecule has 0 spiro atoms. The SMILES string of the molecule is CSc1ccc(C(=O)C(=O)SC2CCCCC2)cc1. The number of hydrogen-bond donors (Lipinski definition) is 0. The summed E-state index contributed by atoms with van der Waals surface area (Å²) in [5, 5.41) is 0.0412. The summed E-state index contributed by atoms with van der Waals surface area (Å²) in [6, 6.07) is 7.26. The molecule has 1 aliphatic carbocycles. The van der Waals surface area contributed by atoms with Gasteiger partial charge in [0.25, 0.3) is 5.12 Å². The van der Waals surface area contributed by atoms with Gasteiger partial charge in [-0.25, -0.2) is 0 Å². The Morgan fingerprint density at radius 1 is 1.05 bits per heavy atom. The lowest BCUT2D eigenvalue weighted by atomic mass is 10.0. The number of benzene rings is 1. The molecule has 1 fully saturated rings. The summed E-state index contributed by atoms with van der Waals surface area (Å²) in [5.74, 6) is -0.358. The molecule has 0 heterocycles. The summed E-state index contributed by atoms with van der Waals surface area (Å²) in [6.07, 6.45) is 7.74. The maximum atomic E-state index is 12.0. The molecular formula is C15H18O2S2. The Labute approximate surface area is 122 Å². The summed E-state index contributed by atoms with van der Waals surface area (Å²) < 4.78 is 0. The molecule has 0 amide bonds. The second kappa shape index (κ2) is 7.15. The molecule has 0 bridgehead atoms. The molecule has 0 atom stereocenters. The minimum atomic E-state index is -0.358. The average Bonchev–Trinajstić information content (AvgIpc) is 2.47. The number of rotatable bonds is 4. The number of ketones is 1. The zero-order chi connectivity index (χ0) is 13.7. The van der Waals surface area contributed by atoms with Gasteiger partial charge in [0.15, 0.2) is 0 Å². The average molecular weight is 294 g/mol. The molecule has 102 valence electrons. The van der Waals surface area contributed by atoms with E-state index in [1.54, 1.807) is 23.9 Å². The van der Waals surface area contributed by atoms with Crippen LogP contribution in [-0.4, -0.2) is 22.4 Å². The lowest BCUT2D eigenvalue weighted by Crippen LogP contribution is -2.17. The summed E-state index contributed by atoms with van der Waals surface area (Å²) in [5.41, 5.74) is 0.506. The minimum Gasteiger partial charge on any atom is -0.284 e. The van der Waals surface area contributed by atoms with Gasteiger partial charge in [-0.2, -0.15) is 0 Å². The molecule has 0 aliphatic heterocycles. The van der Waals surface area contributed by atoms with Crippen LogP contribution in [0.5, 0.6) is 0 Å². The molecular weight excluding hydrogens is 276 g/mol. The number of carbonyl (C=O) groups excluding carboxylic acids is 2. The van der Waals surface area contributed by atoms with Crippen LogP contribution in [0.1, 0.15) is 42.5 Å². The molecule has 4 heteroatoms. The van der Waals surface area contributed by atoms with Gasteiger partial charge >= 0.3 is 0 Å². The van der Waals surface area contributed by atoms with Crippen molar-refractivity contribution >= 4 is 34.4 Å². The van der Waals surface area contributed by atoms with Crippen molar-refractivity contribution < 1.29 is 9.59 Å². The van der Waals surface area contributed by atoms with Crippen molar-refractivity contribution in [3.05, 3.63) is 29.8 Å². The molecule has 0 radical (unpaired) electrons. The van der Waals surface area contributed by atoms with Gasteiger partial charge in [0.05, 0.1) is 0 Å². The van der Waals surface area contributed by atoms with Gasteiger partial charge in [0.2, 0.25) is 5.78 Å². The van der Waals surface area contributed by atoms with Gasteiger partial charge in [-0.05, 0) is 43.4 Å². The first-order chi connectivity index (χ1) is 9.20. The van der Waals surface area contributed by atoms with E-state index in [0.717, 1.165) is 17.7 Å². The van der Waals surface area contributed by atoms with Crippen LogP contribution in [0.4, 0.5) is 0 Å². The van der Waals surface area contributed by atoms with E-state index in [1.807, 2.05) is 18.4 Å². The van der Waals surface area contributed by atoms with E-state index in [0.29, 0.717) is 10.8 Å². The molecule has 1 aliphatic rings. The maximum absolute atomic E-state index is 12.0. The summed E-state index contributed by atoms with van der Waals surface area (Å²) in [6.45, 7) is 0. The van der Waals surface area contributed by atoms with Crippen molar-refractivity contribution in [2.45, 2.75) is 42.2 Å². The fraction of sp³-hybridized carbons (Fsp3) is 0.467. The predicted molar refractivity (Wildman–Crippen MR) is 82.0 cm³/mol. The minimum absolute atomic E-state index is 0.302. The highest BCUT2D eigenvalue weighted by Crippen LogP contribution is 2.29. The zero-order valence-electron chi connectivity index (χ0n) is 11.1. The lowest BCUT2D eigenvalue weighted by molar-refractivity contribution is -0.107. The summed E-state index contributed by atoms with van der Waals surface area (Å²) in [4.78, 5) is 25.1. The van der Waals surface area contributed by atoms with Crippen molar-refractivity contribution in [3.63, 3.8) is 0 Å². The second-order valence-corrected chi connectivity index (χ2v) is 6.88. The maximum Gasteiger partial charge on any atom is 0.260 e. The van der Waals surface area contributed by atoms with Gasteiger partial charge < -0.3 is 0 Å². The number of carbonyl (C=O) groups is 2. The lowest BCUT2D eigenvalue weighted by Gasteiger charge is -2.19. The Morgan fingerprint density at radius 2 is 1.68 bits per heavy atom. The van der Waals surface area contributed by atoms with Crippen LogP contribution in [0.3, 0.4) is 0 Å². The number of Topliss-reactive ketones (excluding diaryl/α,β-unsaturated/α-hetero) is 1. The van der Waals surface area contributed by atoms with E-state index in [4.69, 9.17) is 0 Å². The Balaban J connectivity index is 1.95. The van der Waals surface area contributed by atoms with E-state index in [2.05, 4.69) is 0 Å². The van der Waals surface area contributed by atoms with Crippen LogP contribution in [0.15, 0.2) is 29.2 Å². The summed E-state index contributed by atoms with van der Waals surface area (Å²) >= 11 is 2.86. The van der Waals surface area contributed by atoms with Crippen molar-refractivity contribution in [1.29, 1.82) is 0 Å². The van der Waals surface area contributed by atoms with Gasteiger partial charge in [-0.1, -0.05) is 31.0 Å². The normalized spacial score (nSPS) is 16.3. The summed E-state index contributed by atoms with van der Waals surface area (Å²) in [7, 11) is 0. The molecule has 1 aromatic carbocycles. The molecule has 19 heavy (non-hydrogen) atoms. The van der Waals surface area contributed by atoms with Crippen LogP contribution in [0.2, 0.25) is 0 Å². The smallest absolute Gasteiger partial charge is 0.260 e. The van der Waals surface area contributed by atoms with Crippen LogP contribution in [0.25, 0.3) is 0 Å². The number of thioether (sulfide) groups is 2. The standard InChI is InChI=1S/C15H18O2S2/c1-18-12-9-7-11(8-10-12)14(16)15(17)19-13-5-3-2-4-6-13/h7-10,13H,2-6H2,1H3. The molecule has 2 nitrogen and oxygen atoms in total. The van der Waals surface area contributed by atoms with Crippen LogP contribution in [-0.2, 0) is 4.79 Å². The van der Waals surface area contributed by atoms with Gasteiger partial charge in [-0.15, -0.1) is 11.8 Å². The van der Waals surface area contributed by atoms with Gasteiger partial charge in [0, 0.05) is 15.7 Å².